The zero-order valence-electron chi connectivity index (χ0n) is 18.6. The number of carbonyl (C=O) groups is 1. The quantitative estimate of drug-likeness (QED) is 0.297. The number of carboxylic acid groups (broad SMARTS) is 1. The van der Waals surface area contributed by atoms with Gasteiger partial charge in [-0.05, 0) is 72.9 Å². The van der Waals surface area contributed by atoms with E-state index >= 15 is 0 Å². The fourth-order valence-electron chi connectivity index (χ4n) is 3.20. The van der Waals surface area contributed by atoms with Crippen molar-refractivity contribution in [1.29, 1.82) is 0 Å². The van der Waals surface area contributed by atoms with E-state index in [1.807, 2.05) is 64.8 Å². The molecule has 1 aromatic heterocycles. The number of benzene rings is 1. The molecule has 3 rings (SSSR count). The van der Waals surface area contributed by atoms with Crippen molar-refractivity contribution in [1.82, 2.24) is 3.97 Å². The molecule has 6 heteroatoms. The molecule has 1 N–H and O–H groups in total. The minimum atomic E-state index is -0.822. The summed E-state index contributed by atoms with van der Waals surface area (Å²) in [6.07, 6.45) is 20.6. The van der Waals surface area contributed by atoms with E-state index < -0.39 is 5.97 Å². The molecule has 170 valence electrons. The van der Waals surface area contributed by atoms with E-state index in [1.54, 1.807) is 19.3 Å². The van der Waals surface area contributed by atoms with E-state index in [9.17, 15) is 4.79 Å². The Morgan fingerprint density at radius 3 is 2.94 bits per heavy atom. The van der Waals surface area contributed by atoms with Crippen LogP contribution in [0.15, 0.2) is 109 Å². The predicted molar refractivity (Wildman–Crippen MR) is 136 cm³/mol. The zero-order valence-corrected chi connectivity index (χ0v) is 19.4. The number of allylic oxidation sites excluding steroid dienone is 9. The number of aliphatic carboxylic acids is 1. The topological polar surface area (TPSA) is 60.7 Å². The molecule has 0 bridgehead atoms. The van der Waals surface area contributed by atoms with Crippen molar-refractivity contribution in [2.45, 2.75) is 19.3 Å². The van der Waals surface area contributed by atoms with Crippen molar-refractivity contribution in [2.75, 3.05) is 7.11 Å². The third-order valence-corrected chi connectivity index (χ3v) is 5.83. The summed E-state index contributed by atoms with van der Waals surface area (Å²) >= 11 is 1.49. The van der Waals surface area contributed by atoms with Gasteiger partial charge in [0.1, 0.15) is 17.3 Å². The molecular formula is C27H27NO4S. The van der Waals surface area contributed by atoms with Crippen LogP contribution in [0, 0.1) is 0 Å². The molecule has 0 saturated carbocycles. The first-order chi connectivity index (χ1) is 16.0. The fourth-order valence-corrected chi connectivity index (χ4v) is 4.08. The Morgan fingerprint density at radius 2 is 2.18 bits per heavy atom. The van der Waals surface area contributed by atoms with Crippen molar-refractivity contribution in [3.05, 3.63) is 114 Å². The maximum absolute atomic E-state index is 11.1. The maximum atomic E-state index is 11.1. The van der Waals surface area contributed by atoms with Gasteiger partial charge in [0.25, 0.3) is 0 Å². The molecule has 1 aromatic carbocycles. The summed E-state index contributed by atoms with van der Waals surface area (Å²) in [6.45, 7) is 7.87. The monoisotopic (exact) mass is 461 g/mol. The van der Waals surface area contributed by atoms with Gasteiger partial charge in [0.05, 0.1) is 12.6 Å². The average Bonchev–Trinajstić information content (AvgIpc) is 2.95. The van der Waals surface area contributed by atoms with Crippen molar-refractivity contribution >= 4 is 28.8 Å². The summed E-state index contributed by atoms with van der Waals surface area (Å²) in [4.78, 5) is 12.0. The lowest BCUT2D eigenvalue weighted by molar-refractivity contribution is -0.136. The Hall–Kier alpha value is -3.64. The molecule has 0 radical (unpaired) electrons. The molecule has 5 nitrogen and oxygen atoms in total. The van der Waals surface area contributed by atoms with Crippen LogP contribution in [0.25, 0.3) is 10.9 Å². The van der Waals surface area contributed by atoms with E-state index in [4.69, 9.17) is 14.6 Å². The highest BCUT2D eigenvalue weighted by Gasteiger charge is 2.12. The number of nitrogens with zero attached hydrogens (tertiary/aromatic N) is 1. The Kier molecular flexibility index (Phi) is 8.61. The molecule has 0 aliphatic heterocycles. The summed E-state index contributed by atoms with van der Waals surface area (Å²) in [5, 5.41) is 10.1. The molecule has 33 heavy (non-hydrogen) atoms. The third-order valence-electron chi connectivity index (χ3n) is 4.82. The molecule has 0 spiro atoms. The summed E-state index contributed by atoms with van der Waals surface area (Å²) in [7, 11) is 1.62. The Morgan fingerprint density at radius 1 is 1.33 bits per heavy atom. The van der Waals surface area contributed by atoms with E-state index in [2.05, 4.69) is 19.2 Å². The largest absolute Gasteiger partial charge is 0.497 e. The standard InChI is InChI=1S/C27H27NO4S/c1-4-24(13-9-10-20(2)32-22-11-7-5-6-8-12-22)33-28-19-21(14-17-27(29)30)25-18-23(31-3)15-16-26(25)28/h4-5,7-13,15-16,18-19H,1-2,6,14,17H2,3H3,(H,29,30)/b10-9-,24-13+. The fraction of sp³-hybridized carbons (Fsp3) is 0.148. The average molecular weight is 462 g/mol. The van der Waals surface area contributed by atoms with Gasteiger partial charge in [0.15, 0.2) is 0 Å². The molecule has 0 fully saturated rings. The summed E-state index contributed by atoms with van der Waals surface area (Å²) < 4.78 is 13.1. The first kappa shape index (κ1) is 24.0. The number of hydrogen-bond acceptors (Lipinski definition) is 4. The van der Waals surface area contributed by atoms with Gasteiger partial charge in [0.2, 0.25) is 0 Å². The molecule has 0 atom stereocenters. The summed E-state index contributed by atoms with van der Waals surface area (Å²) in [5.74, 6) is 1.18. The van der Waals surface area contributed by atoms with Crippen LogP contribution in [-0.4, -0.2) is 22.2 Å². The molecule has 2 aromatic rings. The highest BCUT2D eigenvalue weighted by molar-refractivity contribution is 8.02. The predicted octanol–water partition coefficient (Wildman–Crippen LogP) is 6.72. The van der Waals surface area contributed by atoms with Gasteiger partial charge in [-0.15, -0.1) is 0 Å². The minimum absolute atomic E-state index is 0.0669. The van der Waals surface area contributed by atoms with Crippen LogP contribution in [0.4, 0.5) is 0 Å². The molecule has 1 aliphatic rings. The van der Waals surface area contributed by atoms with Crippen LogP contribution in [0.5, 0.6) is 5.75 Å². The smallest absolute Gasteiger partial charge is 0.303 e. The summed E-state index contributed by atoms with van der Waals surface area (Å²) in [6, 6.07) is 5.80. The van der Waals surface area contributed by atoms with Crippen molar-refractivity contribution < 1.29 is 19.4 Å². The van der Waals surface area contributed by atoms with Crippen LogP contribution >= 0.6 is 11.9 Å². The van der Waals surface area contributed by atoms with Crippen LogP contribution in [0.3, 0.4) is 0 Å². The minimum Gasteiger partial charge on any atom is -0.497 e. The lowest BCUT2D eigenvalue weighted by Gasteiger charge is -2.06. The Labute approximate surface area is 198 Å². The lowest BCUT2D eigenvalue weighted by Crippen LogP contribution is -1.96. The van der Waals surface area contributed by atoms with Gasteiger partial charge in [-0.3, -0.25) is 8.77 Å². The highest BCUT2D eigenvalue weighted by atomic mass is 32.2. The molecule has 1 aliphatic carbocycles. The number of ether oxygens (including phenoxy) is 2. The van der Waals surface area contributed by atoms with Gasteiger partial charge in [-0.1, -0.05) is 43.5 Å². The molecule has 0 saturated heterocycles. The maximum Gasteiger partial charge on any atom is 0.303 e. The second kappa shape index (κ2) is 11.8. The van der Waals surface area contributed by atoms with Gasteiger partial charge in [0, 0.05) is 22.9 Å². The van der Waals surface area contributed by atoms with Gasteiger partial charge < -0.3 is 14.6 Å². The lowest BCUT2D eigenvalue weighted by atomic mass is 10.1. The van der Waals surface area contributed by atoms with Crippen LogP contribution in [0.2, 0.25) is 0 Å². The van der Waals surface area contributed by atoms with Crippen LogP contribution < -0.4 is 4.74 Å². The van der Waals surface area contributed by atoms with Crippen molar-refractivity contribution in [3.63, 3.8) is 0 Å². The van der Waals surface area contributed by atoms with Crippen LogP contribution in [0.1, 0.15) is 18.4 Å². The highest BCUT2D eigenvalue weighted by Crippen LogP contribution is 2.32. The van der Waals surface area contributed by atoms with Crippen molar-refractivity contribution in [3.8, 4) is 5.75 Å². The van der Waals surface area contributed by atoms with E-state index in [-0.39, 0.29) is 6.42 Å². The molecule has 1 heterocycles. The van der Waals surface area contributed by atoms with E-state index in [1.165, 1.54) is 11.9 Å². The third kappa shape index (κ3) is 6.92. The Bertz CT molecular complexity index is 1190. The molecule has 0 unspecified atom stereocenters. The van der Waals surface area contributed by atoms with Gasteiger partial charge in [-0.2, -0.15) is 0 Å². The molecular weight excluding hydrogens is 434 g/mol. The van der Waals surface area contributed by atoms with Gasteiger partial charge in [-0.25, -0.2) is 0 Å². The van der Waals surface area contributed by atoms with E-state index in [0.717, 1.165) is 39.3 Å². The number of aryl methyl sites for hydroxylation is 1. The number of aromatic nitrogens is 1. The van der Waals surface area contributed by atoms with Crippen LogP contribution in [-0.2, 0) is 16.0 Å². The number of fused-ring (bicyclic) bond motifs is 1. The SMILES string of the molecule is C=C/C(=C\C=C/C(=C)OC1=CC=CCC=C1)Sn1cc(CCC(=O)O)c2cc(OC)ccc21. The van der Waals surface area contributed by atoms with Crippen molar-refractivity contribution in [2.24, 2.45) is 0 Å². The summed E-state index contributed by atoms with van der Waals surface area (Å²) in [5.41, 5.74) is 1.93. The first-order valence-electron chi connectivity index (χ1n) is 10.5. The number of rotatable bonds is 11. The second-order valence-electron chi connectivity index (χ2n) is 7.18. The zero-order chi connectivity index (χ0) is 23.6. The number of hydrogen-bond donors (Lipinski definition) is 1. The molecule has 0 amide bonds. The Balaban J connectivity index is 1.76. The second-order valence-corrected chi connectivity index (χ2v) is 8.23. The first-order valence-corrected chi connectivity index (χ1v) is 11.3. The normalized spacial score (nSPS) is 13.7. The number of methoxy groups -OCH3 is 1. The van der Waals surface area contributed by atoms with Gasteiger partial charge >= 0.3 is 5.97 Å². The number of carboxylic acids is 1. The van der Waals surface area contributed by atoms with E-state index in [0.29, 0.717) is 12.2 Å².